The number of hydrogen-bond donors (Lipinski definition) is 2. The van der Waals surface area contributed by atoms with Gasteiger partial charge in [-0.3, -0.25) is 4.79 Å². The van der Waals surface area contributed by atoms with Crippen LogP contribution in [0.25, 0.3) is 0 Å². The van der Waals surface area contributed by atoms with E-state index >= 15 is 0 Å². The Bertz CT molecular complexity index is 495. The van der Waals surface area contributed by atoms with Gasteiger partial charge in [-0.15, -0.1) is 0 Å². The molecule has 0 fully saturated rings. The maximum absolute atomic E-state index is 11.8. The summed E-state index contributed by atoms with van der Waals surface area (Å²) in [4.78, 5) is 11.8. The summed E-state index contributed by atoms with van der Waals surface area (Å²) >= 11 is 0. The van der Waals surface area contributed by atoms with E-state index in [1.54, 1.807) is 0 Å². The van der Waals surface area contributed by atoms with E-state index in [9.17, 15) is 4.79 Å². The van der Waals surface area contributed by atoms with Gasteiger partial charge in [0.25, 0.3) is 0 Å². The summed E-state index contributed by atoms with van der Waals surface area (Å²) in [6.07, 6.45) is 0.975. The molecule has 0 radical (unpaired) electrons. The average molecular weight is 259 g/mol. The predicted molar refractivity (Wildman–Crippen MR) is 77.8 cm³/mol. The molecule has 0 aliphatic heterocycles. The van der Waals surface area contributed by atoms with Crippen molar-refractivity contribution in [1.82, 2.24) is 0 Å². The van der Waals surface area contributed by atoms with Crippen molar-refractivity contribution in [2.45, 2.75) is 33.6 Å². The van der Waals surface area contributed by atoms with Crippen molar-refractivity contribution in [2.75, 3.05) is 11.9 Å². The van der Waals surface area contributed by atoms with Crippen LogP contribution >= 0.6 is 0 Å². The lowest BCUT2D eigenvalue weighted by atomic mass is 10.1. The molecule has 19 heavy (non-hydrogen) atoms. The fraction of sp³-hybridized carbons (Fsp3) is 0.438. The number of rotatable bonds is 4. The van der Waals surface area contributed by atoms with Gasteiger partial charge in [0.05, 0.1) is 6.61 Å². The lowest BCUT2D eigenvalue weighted by Gasteiger charge is -2.10. The van der Waals surface area contributed by atoms with E-state index in [2.05, 4.69) is 17.2 Å². The van der Waals surface area contributed by atoms with Crippen molar-refractivity contribution < 1.29 is 9.90 Å². The molecule has 0 aliphatic carbocycles. The third kappa shape index (κ3) is 5.58. The van der Waals surface area contributed by atoms with Crippen LogP contribution in [-0.2, 0) is 4.79 Å². The first kappa shape index (κ1) is 15.3. The molecule has 102 valence electrons. The Balaban J connectivity index is 2.80. The van der Waals surface area contributed by atoms with Crippen LogP contribution in [0.1, 0.15) is 37.8 Å². The SMILES string of the molecule is Cc1ccc(C#CCCO)cc1NC(=O)CC(C)C. The highest BCUT2D eigenvalue weighted by Crippen LogP contribution is 2.17. The molecular formula is C16H21NO2. The molecule has 3 heteroatoms. The zero-order valence-electron chi connectivity index (χ0n) is 11.8. The summed E-state index contributed by atoms with van der Waals surface area (Å²) in [7, 11) is 0. The summed E-state index contributed by atoms with van der Waals surface area (Å²) in [5.74, 6) is 6.20. The molecule has 0 atom stereocenters. The highest BCUT2D eigenvalue weighted by atomic mass is 16.2. The van der Waals surface area contributed by atoms with E-state index in [1.165, 1.54) is 0 Å². The van der Waals surface area contributed by atoms with E-state index in [0.717, 1.165) is 16.8 Å². The number of aryl methyl sites for hydroxylation is 1. The van der Waals surface area contributed by atoms with E-state index in [0.29, 0.717) is 18.8 Å². The lowest BCUT2D eigenvalue weighted by molar-refractivity contribution is -0.116. The Hall–Kier alpha value is -1.79. The molecule has 1 aromatic carbocycles. The van der Waals surface area contributed by atoms with Crippen LogP contribution in [0.2, 0.25) is 0 Å². The van der Waals surface area contributed by atoms with Gasteiger partial charge < -0.3 is 10.4 Å². The highest BCUT2D eigenvalue weighted by Gasteiger charge is 2.07. The van der Waals surface area contributed by atoms with Crippen molar-refractivity contribution in [1.29, 1.82) is 0 Å². The van der Waals surface area contributed by atoms with Gasteiger partial charge in [0.2, 0.25) is 5.91 Å². The lowest BCUT2D eigenvalue weighted by Crippen LogP contribution is -2.14. The first-order valence-electron chi connectivity index (χ1n) is 6.53. The maximum Gasteiger partial charge on any atom is 0.224 e. The van der Waals surface area contributed by atoms with Crippen LogP contribution in [0.5, 0.6) is 0 Å². The second-order valence-corrected chi connectivity index (χ2v) is 4.95. The summed E-state index contributed by atoms with van der Waals surface area (Å²) in [5, 5.41) is 11.6. The molecule has 1 amide bonds. The normalized spacial score (nSPS) is 9.95. The predicted octanol–water partition coefficient (Wildman–Crippen LogP) is 2.71. The van der Waals surface area contributed by atoms with E-state index < -0.39 is 0 Å². The highest BCUT2D eigenvalue weighted by molar-refractivity contribution is 5.91. The molecule has 0 bridgehead atoms. The molecule has 1 rings (SSSR count). The smallest absolute Gasteiger partial charge is 0.224 e. The zero-order chi connectivity index (χ0) is 14.3. The number of hydrogen-bond acceptors (Lipinski definition) is 2. The van der Waals surface area contributed by atoms with Gasteiger partial charge in [-0.1, -0.05) is 31.8 Å². The molecular weight excluding hydrogens is 238 g/mol. The number of anilines is 1. The molecule has 3 nitrogen and oxygen atoms in total. The standard InChI is InChI=1S/C16H21NO2/c1-12(2)10-16(19)17-15-11-14(6-4-5-9-18)8-7-13(15)3/h7-8,11-12,18H,5,9-10H2,1-3H3,(H,17,19). The topological polar surface area (TPSA) is 49.3 Å². The summed E-state index contributed by atoms with van der Waals surface area (Å²) in [6.45, 7) is 6.05. The van der Waals surface area contributed by atoms with Crippen molar-refractivity contribution in [3.8, 4) is 11.8 Å². The average Bonchev–Trinajstić information content (AvgIpc) is 2.32. The molecule has 0 saturated carbocycles. The molecule has 0 unspecified atom stereocenters. The number of carbonyl (C=O) groups excluding carboxylic acids is 1. The largest absolute Gasteiger partial charge is 0.395 e. The molecule has 0 aliphatic rings. The minimum Gasteiger partial charge on any atom is -0.395 e. The molecule has 0 heterocycles. The van der Waals surface area contributed by atoms with Crippen LogP contribution in [-0.4, -0.2) is 17.6 Å². The third-order valence-electron chi connectivity index (χ3n) is 2.57. The minimum absolute atomic E-state index is 0.0265. The van der Waals surface area contributed by atoms with Crippen molar-refractivity contribution in [3.63, 3.8) is 0 Å². The van der Waals surface area contributed by atoms with Crippen LogP contribution in [0, 0.1) is 24.7 Å². The van der Waals surface area contributed by atoms with Gasteiger partial charge >= 0.3 is 0 Å². The summed E-state index contributed by atoms with van der Waals surface area (Å²) in [6, 6.07) is 5.73. The van der Waals surface area contributed by atoms with Crippen molar-refractivity contribution in [3.05, 3.63) is 29.3 Å². The minimum atomic E-state index is 0.0265. The first-order valence-corrected chi connectivity index (χ1v) is 6.53. The van der Waals surface area contributed by atoms with E-state index in [1.807, 2.05) is 39.0 Å². The number of nitrogens with one attached hydrogen (secondary N) is 1. The van der Waals surface area contributed by atoms with Crippen LogP contribution in [0.15, 0.2) is 18.2 Å². The number of benzene rings is 1. The van der Waals surface area contributed by atoms with Crippen LogP contribution in [0.4, 0.5) is 5.69 Å². The van der Waals surface area contributed by atoms with Gasteiger partial charge in [-0.2, -0.15) is 0 Å². The van der Waals surface area contributed by atoms with Gasteiger partial charge in [-0.05, 0) is 30.5 Å². The molecule has 2 N–H and O–H groups in total. The number of aliphatic hydroxyl groups excluding tert-OH is 1. The monoisotopic (exact) mass is 259 g/mol. The summed E-state index contributed by atoms with van der Waals surface area (Å²) < 4.78 is 0. The zero-order valence-corrected chi connectivity index (χ0v) is 11.8. The molecule has 0 aromatic heterocycles. The van der Waals surface area contributed by atoms with E-state index in [-0.39, 0.29) is 12.5 Å². The number of amides is 1. The Morgan fingerprint density at radius 3 is 2.79 bits per heavy atom. The third-order valence-corrected chi connectivity index (χ3v) is 2.57. The van der Waals surface area contributed by atoms with Gasteiger partial charge in [0, 0.05) is 24.1 Å². The Kier molecular flexibility index (Phi) is 6.11. The van der Waals surface area contributed by atoms with Crippen LogP contribution < -0.4 is 5.32 Å². The maximum atomic E-state index is 11.8. The van der Waals surface area contributed by atoms with Gasteiger partial charge in [0.1, 0.15) is 0 Å². The Morgan fingerprint density at radius 1 is 1.42 bits per heavy atom. The van der Waals surface area contributed by atoms with Crippen molar-refractivity contribution >= 4 is 11.6 Å². The number of aliphatic hydroxyl groups is 1. The Morgan fingerprint density at radius 2 is 2.16 bits per heavy atom. The molecule has 0 saturated heterocycles. The van der Waals surface area contributed by atoms with Crippen molar-refractivity contribution in [2.24, 2.45) is 5.92 Å². The molecule has 1 aromatic rings. The fourth-order valence-corrected chi connectivity index (χ4v) is 1.63. The first-order chi connectivity index (χ1) is 9.02. The van der Waals surface area contributed by atoms with E-state index in [4.69, 9.17) is 5.11 Å². The van der Waals surface area contributed by atoms with Gasteiger partial charge in [0.15, 0.2) is 0 Å². The second kappa shape index (κ2) is 7.60. The Labute approximate surface area is 115 Å². The molecule has 0 spiro atoms. The number of carbonyl (C=O) groups is 1. The van der Waals surface area contributed by atoms with Crippen LogP contribution in [0.3, 0.4) is 0 Å². The second-order valence-electron chi connectivity index (χ2n) is 4.95. The van der Waals surface area contributed by atoms with Gasteiger partial charge in [-0.25, -0.2) is 0 Å². The fourth-order valence-electron chi connectivity index (χ4n) is 1.63. The quantitative estimate of drug-likeness (QED) is 0.817. The summed E-state index contributed by atoms with van der Waals surface area (Å²) in [5.41, 5.74) is 2.67.